The molecule has 3 N–H and O–H groups in total. The molecule has 0 saturated heterocycles. The number of nitrogens with two attached hydrogens (primary N) is 1. The van der Waals surface area contributed by atoms with Crippen LogP contribution in [0.4, 0.5) is 0 Å². The monoisotopic (exact) mass is 307 g/mol. The molecule has 1 aliphatic heterocycles. The van der Waals surface area contributed by atoms with Crippen LogP contribution < -0.4 is 5.73 Å². The standard InChI is InChI=1S/C18H33N3O/c1-3-5-7-9-13-21(14-10-8-6-4-2)15-16-11-12-20-18(19)17(16)22/h11-12,15,17,22H,3-10,13-14H2,1-2H3,(H2,19,20). The minimum absolute atomic E-state index is 0.283. The van der Waals surface area contributed by atoms with E-state index >= 15 is 0 Å². The first-order valence-corrected chi connectivity index (χ1v) is 8.82. The van der Waals surface area contributed by atoms with E-state index in [1.54, 1.807) is 6.20 Å². The van der Waals surface area contributed by atoms with Crippen molar-refractivity contribution < 1.29 is 5.11 Å². The highest BCUT2D eigenvalue weighted by Crippen LogP contribution is 2.13. The fraction of sp³-hybridized carbons (Fsp3) is 0.722. The fourth-order valence-electron chi connectivity index (χ4n) is 2.59. The maximum Gasteiger partial charge on any atom is 0.137 e. The third kappa shape index (κ3) is 7.12. The second kappa shape index (κ2) is 11.3. The summed E-state index contributed by atoms with van der Waals surface area (Å²) in [7, 11) is 0. The molecule has 0 aliphatic carbocycles. The zero-order valence-corrected chi connectivity index (χ0v) is 14.3. The van der Waals surface area contributed by atoms with E-state index in [2.05, 4.69) is 29.9 Å². The van der Waals surface area contributed by atoms with Gasteiger partial charge in [0.05, 0.1) is 0 Å². The molecule has 0 aromatic heterocycles. The van der Waals surface area contributed by atoms with Gasteiger partial charge in [-0.1, -0.05) is 52.4 Å². The predicted octanol–water partition coefficient (Wildman–Crippen LogP) is 3.58. The van der Waals surface area contributed by atoms with Gasteiger partial charge in [0.1, 0.15) is 11.9 Å². The zero-order chi connectivity index (χ0) is 16.2. The first-order valence-electron chi connectivity index (χ1n) is 8.82. The van der Waals surface area contributed by atoms with Crippen LogP contribution in [-0.2, 0) is 0 Å². The molecule has 126 valence electrons. The highest BCUT2D eigenvalue weighted by atomic mass is 16.3. The molecule has 1 heterocycles. The van der Waals surface area contributed by atoms with Crippen molar-refractivity contribution in [3.63, 3.8) is 0 Å². The van der Waals surface area contributed by atoms with E-state index in [9.17, 15) is 5.11 Å². The number of hydrogen-bond acceptors (Lipinski definition) is 4. The molecule has 0 saturated carbocycles. The van der Waals surface area contributed by atoms with E-state index in [0.29, 0.717) is 0 Å². The molecule has 4 nitrogen and oxygen atoms in total. The maximum atomic E-state index is 10.1. The van der Waals surface area contributed by atoms with E-state index in [1.807, 2.05) is 6.08 Å². The molecule has 0 aromatic carbocycles. The SMILES string of the molecule is CCCCCCN(C=C1C=CN=C(N)C1O)CCCCCC. The number of rotatable bonds is 11. The molecule has 1 rings (SSSR count). The Morgan fingerprint density at radius 3 is 2.23 bits per heavy atom. The van der Waals surface area contributed by atoms with Crippen LogP contribution in [-0.4, -0.2) is 35.0 Å². The van der Waals surface area contributed by atoms with Crippen molar-refractivity contribution in [1.29, 1.82) is 0 Å². The summed E-state index contributed by atoms with van der Waals surface area (Å²) in [6, 6.07) is 0. The van der Waals surface area contributed by atoms with Crippen LogP contribution in [0.1, 0.15) is 65.2 Å². The van der Waals surface area contributed by atoms with Crippen LogP contribution in [0.5, 0.6) is 0 Å². The highest BCUT2D eigenvalue weighted by molar-refractivity contribution is 5.89. The summed E-state index contributed by atoms with van der Waals surface area (Å²) < 4.78 is 0. The number of amidine groups is 1. The molecular weight excluding hydrogens is 274 g/mol. The Kier molecular flexibility index (Phi) is 9.64. The number of nitrogens with zero attached hydrogens (tertiary/aromatic N) is 2. The summed E-state index contributed by atoms with van der Waals surface area (Å²) >= 11 is 0. The van der Waals surface area contributed by atoms with Crippen LogP contribution in [0.2, 0.25) is 0 Å². The summed E-state index contributed by atoms with van der Waals surface area (Å²) in [5.41, 5.74) is 6.56. The molecule has 1 aliphatic rings. The molecule has 0 aromatic rings. The maximum absolute atomic E-state index is 10.1. The van der Waals surface area contributed by atoms with Crippen molar-refractivity contribution in [1.82, 2.24) is 4.90 Å². The number of aliphatic hydroxyl groups excluding tert-OH is 1. The molecule has 4 heteroatoms. The van der Waals surface area contributed by atoms with E-state index in [1.165, 1.54) is 51.4 Å². The summed E-state index contributed by atoms with van der Waals surface area (Å²) in [4.78, 5) is 6.29. The third-order valence-corrected chi connectivity index (χ3v) is 4.02. The van der Waals surface area contributed by atoms with Crippen molar-refractivity contribution in [2.45, 2.75) is 71.3 Å². The Bertz CT molecular complexity index is 376. The van der Waals surface area contributed by atoms with E-state index in [4.69, 9.17) is 5.73 Å². The largest absolute Gasteiger partial charge is 0.385 e. The predicted molar refractivity (Wildman–Crippen MR) is 94.7 cm³/mol. The Hall–Kier alpha value is -1.29. The summed E-state index contributed by atoms with van der Waals surface area (Å²) in [6.45, 7) is 6.56. The molecule has 0 bridgehead atoms. The van der Waals surface area contributed by atoms with Crippen LogP contribution >= 0.6 is 0 Å². The Labute approximate surface area is 135 Å². The average molecular weight is 307 g/mol. The number of aliphatic hydroxyl groups is 1. The van der Waals surface area contributed by atoms with Crippen molar-refractivity contribution >= 4 is 5.84 Å². The van der Waals surface area contributed by atoms with Gasteiger partial charge in [-0.05, 0) is 18.9 Å². The second-order valence-electron chi connectivity index (χ2n) is 6.06. The van der Waals surface area contributed by atoms with Crippen molar-refractivity contribution in [2.24, 2.45) is 10.7 Å². The van der Waals surface area contributed by atoms with Gasteiger partial charge >= 0.3 is 0 Å². The minimum atomic E-state index is -0.765. The lowest BCUT2D eigenvalue weighted by molar-refractivity contribution is 0.270. The van der Waals surface area contributed by atoms with E-state index < -0.39 is 6.10 Å². The van der Waals surface area contributed by atoms with E-state index in [0.717, 1.165) is 18.7 Å². The van der Waals surface area contributed by atoms with Crippen molar-refractivity contribution in [2.75, 3.05) is 13.1 Å². The minimum Gasteiger partial charge on any atom is -0.385 e. The van der Waals surface area contributed by atoms with Gasteiger partial charge in [0, 0.05) is 31.1 Å². The quantitative estimate of drug-likeness (QED) is 0.574. The van der Waals surface area contributed by atoms with Gasteiger partial charge in [-0.3, -0.25) is 0 Å². The number of hydrogen-bond donors (Lipinski definition) is 2. The molecule has 1 atom stereocenters. The molecule has 1 unspecified atom stereocenters. The molecule has 0 radical (unpaired) electrons. The van der Waals surface area contributed by atoms with Gasteiger partial charge < -0.3 is 15.7 Å². The fourth-order valence-corrected chi connectivity index (χ4v) is 2.59. The van der Waals surface area contributed by atoms with Gasteiger partial charge in [-0.2, -0.15) is 0 Å². The smallest absolute Gasteiger partial charge is 0.137 e. The summed E-state index contributed by atoms with van der Waals surface area (Å²) in [5, 5.41) is 10.1. The lowest BCUT2D eigenvalue weighted by Gasteiger charge is -2.24. The van der Waals surface area contributed by atoms with Crippen LogP contribution in [0.15, 0.2) is 29.0 Å². The highest BCUT2D eigenvalue weighted by Gasteiger charge is 2.16. The van der Waals surface area contributed by atoms with Gasteiger partial charge in [0.2, 0.25) is 0 Å². The summed E-state index contributed by atoms with van der Waals surface area (Å²) in [6.07, 6.45) is 14.9. The van der Waals surface area contributed by atoms with Crippen LogP contribution in [0.3, 0.4) is 0 Å². The molecule has 22 heavy (non-hydrogen) atoms. The number of unbranched alkanes of at least 4 members (excludes halogenated alkanes) is 6. The average Bonchev–Trinajstić information content (AvgIpc) is 2.52. The Morgan fingerprint density at radius 2 is 1.68 bits per heavy atom. The van der Waals surface area contributed by atoms with Gasteiger partial charge in [0.25, 0.3) is 0 Å². The van der Waals surface area contributed by atoms with Crippen LogP contribution in [0.25, 0.3) is 0 Å². The second-order valence-corrected chi connectivity index (χ2v) is 6.06. The topological polar surface area (TPSA) is 61.8 Å². The molecule has 0 amide bonds. The Balaban J connectivity index is 2.55. The first-order chi connectivity index (χ1) is 10.7. The van der Waals surface area contributed by atoms with E-state index in [-0.39, 0.29) is 5.84 Å². The first kappa shape index (κ1) is 18.8. The third-order valence-electron chi connectivity index (χ3n) is 4.02. The van der Waals surface area contributed by atoms with Crippen molar-refractivity contribution in [3.05, 3.63) is 24.0 Å². The number of aliphatic imine (C=N–C) groups is 1. The summed E-state index contributed by atoms with van der Waals surface area (Å²) in [5.74, 6) is 0.283. The van der Waals surface area contributed by atoms with Gasteiger partial charge in [-0.15, -0.1) is 0 Å². The molecular formula is C18H33N3O. The van der Waals surface area contributed by atoms with Gasteiger partial charge in [-0.25, -0.2) is 4.99 Å². The molecule has 0 spiro atoms. The van der Waals surface area contributed by atoms with Gasteiger partial charge in [0.15, 0.2) is 0 Å². The Morgan fingerprint density at radius 1 is 1.09 bits per heavy atom. The zero-order valence-electron chi connectivity index (χ0n) is 14.3. The van der Waals surface area contributed by atoms with Crippen LogP contribution in [0, 0.1) is 0 Å². The van der Waals surface area contributed by atoms with Crippen molar-refractivity contribution in [3.8, 4) is 0 Å². The lowest BCUT2D eigenvalue weighted by Crippen LogP contribution is -2.33. The molecule has 0 fully saturated rings. The lowest BCUT2D eigenvalue weighted by atomic mass is 10.1. The normalized spacial score (nSPS) is 19.5.